The highest BCUT2D eigenvalue weighted by molar-refractivity contribution is 7.88. The van der Waals surface area contributed by atoms with Gasteiger partial charge in [0, 0.05) is 35.7 Å². The third kappa shape index (κ3) is 5.31. The molecule has 0 radical (unpaired) electrons. The van der Waals surface area contributed by atoms with Crippen LogP contribution in [0.5, 0.6) is 0 Å². The first-order valence-corrected chi connectivity index (χ1v) is 13.0. The van der Waals surface area contributed by atoms with Gasteiger partial charge in [-0.25, -0.2) is 16.8 Å². The lowest BCUT2D eigenvalue weighted by molar-refractivity contribution is 0.212. The number of hydrogen-bond acceptors (Lipinski definition) is 4. The number of rotatable bonds is 6. The lowest BCUT2D eigenvalue weighted by atomic mass is 10.2. The molecule has 0 saturated carbocycles. The number of hydrogen-bond donors (Lipinski definition) is 0. The van der Waals surface area contributed by atoms with Crippen molar-refractivity contribution in [3.05, 3.63) is 69.7 Å². The van der Waals surface area contributed by atoms with Gasteiger partial charge in [-0.2, -0.15) is 8.61 Å². The molecule has 0 spiro atoms. The zero-order chi connectivity index (χ0) is 21.2. The van der Waals surface area contributed by atoms with Gasteiger partial charge in [0.25, 0.3) is 0 Å². The van der Waals surface area contributed by atoms with Crippen molar-refractivity contribution >= 4 is 43.2 Å². The molecule has 10 heteroatoms. The monoisotopic (exact) mass is 476 g/mol. The van der Waals surface area contributed by atoms with Crippen LogP contribution in [0, 0.1) is 0 Å². The van der Waals surface area contributed by atoms with E-state index in [1.54, 1.807) is 55.5 Å². The fraction of sp³-hybridized carbons (Fsp3) is 0.368. The van der Waals surface area contributed by atoms with Gasteiger partial charge in [-0.1, -0.05) is 59.6 Å². The van der Waals surface area contributed by atoms with Crippen molar-refractivity contribution in [2.75, 3.05) is 19.6 Å². The molecule has 29 heavy (non-hydrogen) atoms. The van der Waals surface area contributed by atoms with Crippen molar-refractivity contribution < 1.29 is 16.8 Å². The number of halogens is 2. The van der Waals surface area contributed by atoms with Gasteiger partial charge in [-0.15, -0.1) is 0 Å². The van der Waals surface area contributed by atoms with Crippen LogP contribution in [0.15, 0.2) is 48.5 Å². The molecule has 1 fully saturated rings. The van der Waals surface area contributed by atoms with Crippen molar-refractivity contribution in [3.8, 4) is 0 Å². The molecule has 1 aliphatic rings. The Balaban J connectivity index is 1.71. The van der Waals surface area contributed by atoms with Gasteiger partial charge < -0.3 is 0 Å². The smallest absolute Gasteiger partial charge is 0.212 e. The Labute approximate surface area is 182 Å². The quantitative estimate of drug-likeness (QED) is 0.640. The van der Waals surface area contributed by atoms with Crippen LogP contribution in [0.1, 0.15) is 18.1 Å². The summed E-state index contributed by atoms with van der Waals surface area (Å²) >= 11 is 12.2. The van der Waals surface area contributed by atoms with E-state index >= 15 is 0 Å². The van der Waals surface area contributed by atoms with Crippen molar-refractivity contribution in [1.82, 2.24) is 8.61 Å². The van der Waals surface area contributed by atoms with Crippen LogP contribution in [-0.2, 0) is 31.6 Å². The van der Waals surface area contributed by atoms with Crippen LogP contribution >= 0.6 is 23.2 Å². The molecule has 0 bridgehead atoms. The lowest BCUT2D eigenvalue weighted by Crippen LogP contribution is -2.55. The highest BCUT2D eigenvalue weighted by Crippen LogP contribution is 2.25. The number of nitrogens with zero attached hydrogens (tertiary/aromatic N) is 2. The summed E-state index contributed by atoms with van der Waals surface area (Å²) < 4.78 is 54.1. The Hall–Kier alpha value is -1.16. The average Bonchev–Trinajstić information content (AvgIpc) is 2.65. The van der Waals surface area contributed by atoms with E-state index in [1.807, 2.05) is 0 Å². The van der Waals surface area contributed by atoms with E-state index in [9.17, 15) is 16.8 Å². The summed E-state index contributed by atoms with van der Waals surface area (Å²) in [6.07, 6.45) is 0. The Morgan fingerprint density at radius 3 is 1.79 bits per heavy atom. The fourth-order valence-corrected chi connectivity index (χ4v) is 7.35. The van der Waals surface area contributed by atoms with Crippen molar-refractivity contribution in [1.29, 1.82) is 0 Å². The molecule has 1 heterocycles. The summed E-state index contributed by atoms with van der Waals surface area (Å²) in [5.74, 6) is -0.435. The van der Waals surface area contributed by atoms with Gasteiger partial charge in [-0.3, -0.25) is 0 Å². The largest absolute Gasteiger partial charge is 0.218 e. The molecule has 2 aromatic rings. The zero-order valence-corrected chi connectivity index (χ0v) is 19.0. The van der Waals surface area contributed by atoms with Gasteiger partial charge in [0.2, 0.25) is 20.0 Å². The van der Waals surface area contributed by atoms with Crippen molar-refractivity contribution in [2.45, 2.75) is 24.5 Å². The molecule has 158 valence electrons. The summed E-state index contributed by atoms with van der Waals surface area (Å²) in [7, 11) is -7.26. The first-order valence-electron chi connectivity index (χ1n) is 9.04. The molecule has 1 unspecified atom stereocenters. The first kappa shape index (κ1) is 22.5. The molecule has 1 aliphatic heterocycles. The van der Waals surface area contributed by atoms with Crippen LogP contribution in [-0.4, -0.2) is 51.1 Å². The molecule has 0 N–H and O–H groups in total. The Kier molecular flexibility index (Phi) is 6.92. The summed E-state index contributed by atoms with van der Waals surface area (Å²) in [6, 6.07) is 13.1. The standard InChI is InChI=1S/C19H22Cl2N2O4S2/c1-15-12-22(28(24,25)13-16-6-2-4-8-18(16)20)10-11-23(15)29(26,27)14-17-7-3-5-9-19(17)21/h2-9,15H,10-14H2,1H3. The van der Waals surface area contributed by atoms with E-state index < -0.39 is 26.1 Å². The second-order valence-corrected chi connectivity index (χ2v) is 11.7. The summed E-state index contributed by atoms with van der Waals surface area (Å²) in [5.41, 5.74) is 1.05. The molecule has 3 rings (SSSR count). The molecule has 0 aromatic heterocycles. The molecule has 1 saturated heterocycles. The maximum atomic E-state index is 12.9. The maximum absolute atomic E-state index is 12.9. The summed E-state index contributed by atoms with van der Waals surface area (Å²) in [5, 5.41) is 0.787. The molecule has 6 nitrogen and oxygen atoms in total. The zero-order valence-electron chi connectivity index (χ0n) is 15.8. The minimum absolute atomic E-state index is 0.0918. The molecular weight excluding hydrogens is 455 g/mol. The third-order valence-corrected chi connectivity index (χ3v) is 9.34. The molecule has 1 atom stereocenters. The number of piperazine rings is 1. The van der Waals surface area contributed by atoms with E-state index in [0.717, 1.165) is 0 Å². The van der Waals surface area contributed by atoms with Crippen LogP contribution in [0.3, 0.4) is 0 Å². The van der Waals surface area contributed by atoms with E-state index in [0.29, 0.717) is 21.2 Å². The van der Waals surface area contributed by atoms with Gasteiger partial charge in [0.05, 0.1) is 11.5 Å². The van der Waals surface area contributed by atoms with Crippen molar-refractivity contribution in [3.63, 3.8) is 0 Å². The van der Waals surface area contributed by atoms with Crippen molar-refractivity contribution in [2.24, 2.45) is 0 Å². The van der Waals surface area contributed by atoms with Crippen LogP contribution in [0.4, 0.5) is 0 Å². The third-order valence-electron chi connectivity index (χ3n) is 4.87. The Morgan fingerprint density at radius 2 is 1.31 bits per heavy atom. The second kappa shape index (κ2) is 8.91. The van der Waals surface area contributed by atoms with Crippen LogP contribution < -0.4 is 0 Å². The SMILES string of the molecule is CC1CN(S(=O)(=O)Cc2ccccc2Cl)CCN1S(=O)(=O)Cc1ccccc1Cl. The topological polar surface area (TPSA) is 74.8 Å². The minimum Gasteiger partial charge on any atom is -0.212 e. The predicted octanol–water partition coefficient (Wildman–Crippen LogP) is 3.36. The van der Waals surface area contributed by atoms with E-state index in [-0.39, 0.29) is 31.1 Å². The normalized spacial score (nSPS) is 19.3. The summed E-state index contributed by atoms with van der Waals surface area (Å²) in [6.45, 7) is 1.99. The fourth-order valence-electron chi connectivity index (χ4n) is 3.37. The minimum atomic E-state index is -3.64. The first-order chi connectivity index (χ1) is 13.6. The van der Waals surface area contributed by atoms with Gasteiger partial charge in [0.15, 0.2) is 0 Å². The predicted molar refractivity (Wildman–Crippen MR) is 116 cm³/mol. The van der Waals surface area contributed by atoms with E-state index in [2.05, 4.69) is 0 Å². The number of sulfonamides is 2. The van der Waals surface area contributed by atoms with Crippen LogP contribution in [0.2, 0.25) is 10.0 Å². The Bertz CT molecular complexity index is 1090. The van der Waals surface area contributed by atoms with E-state index in [4.69, 9.17) is 23.2 Å². The average molecular weight is 477 g/mol. The lowest BCUT2D eigenvalue weighted by Gasteiger charge is -2.38. The molecule has 2 aromatic carbocycles. The highest BCUT2D eigenvalue weighted by Gasteiger charge is 2.37. The van der Waals surface area contributed by atoms with E-state index in [1.165, 1.54) is 8.61 Å². The molecule has 0 amide bonds. The Morgan fingerprint density at radius 1 is 0.828 bits per heavy atom. The highest BCUT2D eigenvalue weighted by atomic mass is 35.5. The van der Waals surface area contributed by atoms with Crippen LogP contribution in [0.25, 0.3) is 0 Å². The van der Waals surface area contributed by atoms with Gasteiger partial charge in [0.1, 0.15) is 0 Å². The van der Waals surface area contributed by atoms with Gasteiger partial charge >= 0.3 is 0 Å². The number of benzene rings is 2. The molecule has 0 aliphatic carbocycles. The maximum Gasteiger partial charge on any atom is 0.218 e. The second-order valence-electron chi connectivity index (χ2n) is 7.01. The molecular formula is C19H22Cl2N2O4S2. The van der Waals surface area contributed by atoms with Gasteiger partial charge in [-0.05, 0) is 30.2 Å². The summed E-state index contributed by atoms with van der Waals surface area (Å²) in [4.78, 5) is 0.